The van der Waals surface area contributed by atoms with Crippen molar-refractivity contribution in [1.82, 2.24) is 24.2 Å². The van der Waals surface area contributed by atoms with Crippen molar-refractivity contribution in [3.63, 3.8) is 0 Å². The van der Waals surface area contributed by atoms with Gasteiger partial charge in [0.2, 0.25) is 0 Å². The molecule has 3 aromatic rings. The summed E-state index contributed by atoms with van der Waals surface area (Å²) in [7, 11) is 4.50. The number of likely N-dealkylation sites (tertiary alicyclic amines) is 1. The first-order valence-corrected chi connectivity index (χ1v) is 13.0. The second-order valence-electron chi connectivity index (χ2n) is 10.7. The third-order valence-corrected chi connectivity index (χ3v) is 7.80. The molecule has 0 bridgehead atoms. The lowest BCUT2D eigenvalue weighted by Crippen LogP contribution is -2.45. The third-order valence-electron chi connectivity index (χ3n) is 7.80. The van der Waals surface area contributed by atoms with Gasteiger partial charge in [-0.15, -0.1) is 0 Å². The van der Waals surface area contributed by atoms with Gasteiger partial charge in [-0.05, 0) is 76.4 Å². The molecule has 0 unspecified atom stereocenters. The molecule has 2 atom stereocenters. The summed E-state index contributed by atoms with van der Waals surface area (Å²) in [5.41, 5.74) is 6.27. The molecule has 6 heteroatoms. The predicted octanol–water partition coefficient (Wildman–Crippen LogP) is 4.89. The number of nitrogens with zero attached hydrogens (tertiary/aromatic N) is 6. The molecular weight excluding hydrogens is 420 g/mol. The summed E-state index contributed by atoms with van der Waals surface area (Å²) >= 11 is 0. The first-order valence-electron chi connectivity index (χ1n) is 13.0. The van der Waals surface area contributed by atoms with E-state index in [4.69, 9.17) is 9.97 Å². The molecule has 0 saturated carbocycles. The van der Waals surface area contributed by atoms with Gasteiger partial charge in [0.15, 0.2) is 0 Å². The smallest absolute Gasteiger partial charge is 0.138 e. The Balaban J connectivity index is 1.57. The van der Waals surface area contributed by atoms with Gasteiger partial charge >= 0.3 is 0 Å². The Morgan fingerprint density at radius 2 is 1.68 bits per heavy atom. The Labute approximate surface area is 204 Å². The fourth-order valence-electron chi connectivity index (χ4n) is 5.92. The highest BCUT2D eigenvalue weighted by Crippen LogP contribution is 2.42. The standard InChI is InChI=1S/C28H40N6/c1-20(2)19-24-28(23-11-6-10-22(32(23)5)27-21(3)9-8-14-29-27)30-25-12-7-13-26(34(24)25)33-17-15-31(4)16-18-33/h7-9,12-14,20,22-23H,6,10-11,15-19H2,1-5H3/t22-,23+/m0/s1. The quantitative estimate of drug-likeness (QED) is 0.542. The number of hydrogen-bond donors (Lipinski definition) is 0. The molecule has 0 amide bonds. The summed E-state index contributed by atoms with van der Waals surface area (Å²) in [6.07, 6.45) is 6.49. The van der Waals surface area contributed by atoms with Gasteiger partial charge in [-0.25, -0.2) is 4.98 Å². The molecule has 0 aromatic carbocycles. The van der Waals surface area contributed by atoms with E-state index in [0.717, 1.165) is 51.1 Å². The van der Waals surface area contributed by atoms with E-state index in [2.05, 4.69) is 78.2 Å². The van der Waals surface area contributed by atoms with Crippen molar-refractivity contribution in [2.75, 3.05) is 45.2 Å². The highest BCUT2D eigenvalue weighted by atomic mass is 15.3. The first kappa shape index (κ1) is 23.3. The van der Waals surface area contributed by atoms with E-state index in [1.165, 1.54) is 34.9 Å². The van der Waals surface area contributed by atoms with Crippen molar-refractivity contribution in [2.45, 2.75) is 58.5 Å². The highest BCUT2D eigenvalue weighted by Gasteiger charge is 2.35. The molecule has 0 aliphatic carbocycles. The molecule has 0 radical (unpaired) electrons. The van der Waals surface area contributed by atoms with E-state index in [9.17, 15) is 0 Å². The van der Waals surface area contributed by atoms with Gasteiger partial charge in [0.25, 0.3) is 0 Å². The zero-order valence-corrected chi connectivity index (χ0v) is 21.5. The number of imidazole rings is 1. The molecule has 34 heavy (non-hydrogen) atoms. The van der Waals surface area contributed by atoms with Crippen LogP contribution in [0.4, 0.5) is 5.82 Å². The Bertz CT molecular complexity index is 1130. The van der Waals surface area contributed by atoms with Gasteiger partial charge in [-0.3, -0.25) is 14.3 Å². The van der Waals surface area contributed by atoms with Gasteiger partial charge in [-0.2, -0.15) is 0 Å². The third kappa shape index (κ3) is 4.34. The van der Waals surface area contributed by atoms with Crippen LogP contribution < -0.4 is 4.90 Å². The zero-order valence-electron chi connectivity index (χ0n) is 21.5. The molecule has 2 fully saturated rings. The van der Waals surface area contributed by atoms with Crippen molar-refractivity contribution >= 4 is 11.5 Å². The first-order chi connectivity index (χ1) is 16.4. The van der Waals surface area contributed by atoms with Crippen LogP contribution in [-0.4, -0.2) is 64.4 Å². The molecule has 3 aromatic heterocycles. The number of piperidine rings is 1. The number of piperazine rings is 1. The van der Waals surface area contributed by atoms with E-state index in [0.29, 0.717) is 18.0 Å². The lowest BCUT2D eigenvalue weighted by molar-refractivity contribution is 0.108. The van der Waals surface area contributed by atoms with Gasteiger partial charge in [-0.1, -0.05) is 26.0 Å². The van der Waals surface area contributed by atoms with Crippen LogP contribution in [0.1, 0.15) is 67.8 Å². The minimum atomic E-state index is 0.314. The molecule has 2 saturated heterocycles. The lowest BCUT2D eigenvalue weighted by atomic mass is 9.89. The van der Waals surface area contributed by atoms with Crippen LogP contribution in [0, 0.1) is 12.8 Å². The van der Waals surface area contributed by atoms with Crippen molar-refractivity contribution in [3.05, 3.63) is 59.2 Å². The molecule has 2 aliphatic rings. The van der Waals surface area contributed by atoms with Gasteiger partial charge in [0, 0.05) is 38.1 Å². The molecule has 0 spiro atoms. The number of hydrogen-bond acceptors (Lipinski definition) is 5. The molecule has 5 rings (SSSR count). The van der Waals surface area contributed by atoms with Crippen molar-refractivity contribution in [1.29, 1.82) is 0 Å². The van der Waals surface area contributed by atoms with Crippen LogP contribution in [0.15, 0.2) is 36.5 Å². The Hall–Kier alpha value is -2.44. The number of rotatable bonds is 5. The van der Waals surface area contributed by atoms with Crippen molar-refractivity contribution < 1.29 is 0 Å². The Morgan fingerprint density at radius 1 is 0.941 bits per heavy atom. The van der Waals surface area contributed by atoms with E-state index in [1.807, 2.05) is 12.3 Å². The van der Waals surface area contributed by atoms with Crippen LogP contribution in [-0.2, 0) is 6.42 Å². The zero-order chi connectivity index (χ0) is 23.8. The minimum absolute atomic E-state index is 0.314. The molecule has 0 N–H and O–H groups in total. The van der Waals surface area contributed by atoms with E-state index in [1.54, 1.807) is 0 Å². The van der Waals surface area contributed by atoms with Crippen molar-refractivity contribution in [3.8, 4) is 0 Å². The predicted molar refractivity (Wildman–Crippen MR) is 140 cm³/mol. The van der Waals surface area contributed by atoms with Crippen LogP contribution in [0.2, 0.25) is 0 Å². The molecular formula is C28H40N6. The molecule has 182 valence electrons. The average molecular weight is 461 g/mol. The van der Waals surface area contributed by atoms with E-state index < -0.39 is 0 Å². The molecule has 2 aliphatic heterocycles. The van der Waals surface area contributed by atoms with E-state index >= 15 is 0 Å². The highest BCUT2D eigenvalue weighted by molar-refractivity contribution is 5.56. The number of fused-ring (bicyclic) bond motifs is 1. The number of pyridine rings is 2. The van der Waals surface area contributed by atoms with Gasteiger partial charge in [0.1, 0.15) is 11.5 Å². The number of likely N-dealkylation sites (N-methyl/N-ethyl adjacent to an activating group) is 1. The maximum Gasteiger partial charge on any atom is 0.138 e. The van der Waals surface area contributed by atoms with Gasteiger partial charge < -0.3 is 9.80 Å². The lowest BCUT2D eigenvalue weighted by Gasteiger charge is -2.39. The van der Waals surface area contributed by atoms with Crippen LogP contribution in [0.5, 0.6) is 0 Å². The fraction of sp³-hybridized carbons (Fsp3) is 0.571. The van der Waals surface area contributed by atoms with Crippen LogP contribution in [0.3, 0.4) is 0 Å². The second kappa shape index (κ2) is 9.67. The number of aryl methyl sites for hydroxylation is 1. The SMILES string of the molecule is Cc1cccnc1[C@@H]1CCC[C@H](c2nc3cccc(N4CCN(C)CC4)n3c2CC(C)C)N1C. The normalized spacial score (nSPS) is 22.7. The Morgan fingerprint density at radius 3 is 2.38 bits per heavy atom. The largest absolute Gasteiger partial charge is 0.355 e. The molecule has 5 heterocycles. The van der Waals surface area contributed by atoms with E-state index in [-0.39, 0.29) is 0 Å². The summed E-state index contributed by atoms with van der Waals surface area (Å²) < 4.78 is 2.48. The number of anilines is 1. The average Bonchev–Trinajstić information content (AvgIpc) is 3.18. The monoisotopic (exact) mass is 460 g/mol. The fourth-order valence-corrected chi connectivity index (χ4v) is 5.92. The van der Waals surface area contributed by atoms with Crippen LogP contribution >= 0.6 is 0 Å². The summed E-state index contributed by atoms with van der Waals surface area (Å²) in [5.74, 6) is 1.87. The van der Waals surface area contributed by atoms with Crippen molar-refractivity contribution in [2.24, 2.45) is 5.92 Å². The maximum absolute atomic E-state index is 5.32. The van der Waals surface area contributed by atoms with Crippen LogP contribution in [0.25, 0.3) is 5.65 Å². The maximum atomic E-state index is 5.32. The minimum Gasteiger partial charge on any atom is -0.355 e. The number of aromatic nitrogens is 3. The Kier molecular flexibility index (Phi) is 6.63. The summed E-state index contributed by atoms with van der Waals surface area (Å²) in [5, 5.41) is 0. The summed E-state index contributed by atoms with van der Waals surface area (Å²) in [6, 6.07) is 11.6. The molecule has 6 nitrogen and oxygen atoms in total. The second-order valence-corrected chi connectivity index (χ2v) is 10.7. The topological polar surface area (TPSA) is 39.9 Å². The summed E-state index contributed by atoms with van der Waals surface area (Å²) in [6.45, 7) is 11.2. The van der Waals surface area contributed by atoms with Gasteiger partial charge in [0.05, 0.1) is 23.5 Å². The summed E-state index contributed by atoms with van der Waals surface area (Å²) in [4.78, 5) is 17.6.